The van der Waals surface area contributed by atoms with Gasteiger partial charge in [0, 0.05) is 13.1 Å². The maximum atomic E-state index is 13.8. The minimum atomic E-state index is -8.84. The number of nitrogens with zero attached hydrogens (tertiary/aromatic N) is 1. The van der Waals surface area contributed by atoms with Crippen LogP contribution in [-0.4, -0.2) is 93.3 Å². The number of hydrogen-bond acceptors (Lipinski definition) is 4. The molecular formula is C13H11F17N2O3S. The Balaban J connectivity index is 3.50. The van der Waals surface area contributed by atoms with E-state index in [4.69, 9.17) is 4.74 Å². The molecule has 1 N–H and O–H groups in total. The van der Waals surface area contributed by atoms with Crippen molar-refractivity contribution in [3.63, 3.8) is 0 Å². The molecule has 216 valence electrons. The molecule has 0 radical (unpaired) electrons. The third-order valence-corrected chi connectivity index (χ3v) is 6.05. The Labute approximate surface area is 188 Å². The van der Waals surface area contributed by atoms with E-state index in [-0.39, 0.29) is 26.3 Å². The summed E-state index contributed by atoms with van der Waals surface area (Å²) in [5.74, 6) is -51.6. The Kier molecular flexibility index (Phi) is 8.29. The zero-order chi connectivity index (χ0) is 29.0. The average Bonchev–Trinajstić information content (AvgIpc) is 2.71. The molecule has 36 heavy (non-hydrogen) atoms. The number of sulfonamides is 1. The Morgan fingerprint density at radius 1 is 0.583 bits per heavy atom. The summed E-state index contributed by atoms with van der Waals surface area (Å²) in [4.78, 5) is 0.788. The molecule has 0 aromatic rings. The summed E-state index contributed by atoms with van der Waals surface area (Å²) in [6.07, 6.45) is -7.87. The molecular weight excluding hydrogens is 587 g/mol. The van der Waals surface area contributed by atoms with Gasteiger partial charge in [-0.2, -0.15) is 79.4 Å². The van der Waals surface area contributed by atoms with Crippen molar-refractivity contribution in [1.29, 1.82) is 0 Å². The van der Waals surface area contributed by atoms with Gasteiger partial charge in [-0.3, -0.25) is 4.90 Å². The van der Waals surface area contributed by atoms with Crippen molar-refractivity contribution in [2.24, 2.45) is 0 Å². The molecule has 0 amide bonds. The zero-order valence-corrected chi connectivity index (χ0v) is 17.4. The van der Waals surface area contributed by atoms with E-state index in [2.05, 4.69) is 0 Å². The van der Waals surface area contributed by atoms with Gasteiger partial charge in [-0.15, -0.1) is 0 Å². The quantitative estimate of drug-likeness (QED) is 0.384. The van der Waals surface area contributed by atoms with Crippen LogP contribution in [-0.2, 0) is 14.8 Å². The molecule has 1 aliphatic heterocycles. The van der Waals surface area contributed by atoms with Gasteiger partial charge < -0.3 is 4.74 Å². The second kappa shape index (κ2) is 9.13. The normalized spacial score (nSPS) is 19.0. The summed E-state index contributed by atoms with van der Waals surface area (Å²) in [5.41, 5.74) is 0. The molecule has 0 saturated carbocycles. The first-order chi connectivity index (χ1) is 15.6. The largest absolute Gasteiger partial charge is 0.460 e. The first kappa shape index (κ1) is 32.7. The van der Waals surface area contributed by atoms with Crippen LogP contribution in [0.3, 0.4) is 0 Å². The van der Waals surface area contributed by atoms with Crippen LogP contribution < -0.4 is 4.72 Å². The van der Waals surface area contributed by atoms with Crippen LogP contribution in [0, 0.1) is 0 Å². The van der Waals surface area contributed by atoms with Gasteiger partial charge in [0.25, 0.3) is 10.0 Å². The van der Waals surface area contributed by atoms with Crippen LogP contribution in [0.4, 0.5) is 74.6 Å². The van der Waals surface area contributed by atoms with Gasteiger partial charge in [0.05, 0.1) is 19.9 Å². The van der Waals surface area contributed by atoms with E-state index in [0.29, 0.717) is 4.72 Å². The minimum Gasteiger partial charge on any atom is -0.379 e. The van der Waals surface area contributed by atoms with E-state index in [0.717, 1.165) is 4.90 Å². The molecule has 1 aliphatic rings. The molecule has 1 saturated heterocycles. The molecule has 0 aromatic carbocycles. The molecule has 0 unspecified atom stereocenters. The van der Waals surface area contributed by atoms with Gasteiger partial charge >= 0.3 is 47.0 Å². The third kappa shape index (κ3) is 4.56. The summed E-state index contributed by atoms with van der Waals surface area (Å²) in [6, 6.07) is 0. The van der Waals surface area contributed by atoms with E-state index in [1.165, 1.54) is 0 Å². The van der Waals surface area contributed by atoms with Crippen LogP contribution in [0.5, 0.6) is 0 Å². The fraction of sp³-hybridized carbons (Fsp3) is 1.00. The van der Waals surface area contributed by atoms with Crippen LogP contribution in [0.2, 0.25) is 0 Å². The monoisotopic (exact) mass is 598 g/mol. The summed E-state index contributed by atoms with van der Waals surface area (Å²) in [5, 5.41) is -7.56. The number of morpholine rings is 1. The number of ether oxygens (including phenoxy) is 1. The van der Waals surface area contributed by atoms with Crippen molar-refractivity contribution in [2.45, 2.75) is 47.0 Å². The topological polar surface area (TPSA) is 58.6 Å². The van der Waals surface area contributed by atoms with E-state index >= 15 is 0 Å². The van der Waals surface area contributed by atoms with Gasteiger partial charge in [-0.25, -0.2) is 8.42 Å². The second-order valence-corrected chi connectivity index (χ2v) is 8.81. The fourth-order valence-corrected chi connectivity index (χ4v) is 3.34. The van der Waals surface area contributed by atoms with Crippen molar-refractivity contribution >= 4 is 10.0 Å². The van der Waals surface area contributed by atoms with E-state index < -0.39 is 63.7 Å². The lowest BCUT2D eigenvalue weighted by Crippen LogP contribution is -2.75. The molecule has 1 rings (SSSR count). The molecule has 23 heteroatoms. The summed E-state index contributed by atoms with van der Waals surface area (Å²) < 4.78 is 252. The Hall–Kier alpha value is -1.36. The van der Waals surface area contributed by atoms with Crippen LogP contribution in [0.25, 0.3) is 0 Å². The molecule has 1 heterocycles. The van der Waals surface area contributed by atoms with E-state index in [1.807, 2.05) is 0 Å². The molecule has 0 aliphatic carbocycles. The van der Waals surface area contributed by atoms with Gasteiger partial charge in [-0.1, -0.05) is 0 Å². The molecule has 0 atom stereocenters. The number of hydrogen-bond donors (Lipinski definition) is 1. The van der Waals surface area contributed by atoms with E-state index in [1.54, 1.807) is 0 Å². The maximum Gasteiger partial charge on any atom is 0.460 e. The average molecular weight is 598 g/mol. The maximum absolute atomic E-state index is 13.8. The van der Waals surface area contributed by atoms with Crippen molar-refractivity contribution in [3.8, 4) is 0 Å². The van der Waals surface area contributed by atoms with Gasteiger partial charge in [-0.05, 0) is 0 Å². The van der Waals surface area contributed by atoms with Crippen LogP contribution in [0.1, 0.15) is 0 Å². The number of rotatable bonds is 10. The molecule has 0 aromatic heterocycles. The minimum absolute atomic E-state index is 0.204. The summed E-state index contributed by atoms with van der Waals surface area (Å²) >= 11 is 0. The molecule has 0 spiro atoms. The predicted octanol–water partition coefficient (Wildman–Crippen LogP) is 4.16. The number of alkyl halides is 17. The van der Waals surface area contributed by atoms with Gasteiger partial charge in [0.15, 0.2) is 0 Å². The lowest BCUT2D eigenvalue weighted by molar-refractivity contribution is -0.458. The second-order valence-electron chi connectivity index (χ2n) is 7.00. The predicted molar refractivity (Wildman–Crippen MR) is 80.0 cm³/mol. The highest BCUT2D eigenvalue weighted by Crippen LogP contribution is 2.64. The molecule has 5 nitrogen and oxygen atoms in total. The van der Waals surface area contributed by atoms with Crippen molar-refractivity contribution < 1.29 is 87.8 Å². The molecule has 1 fully saturated rings. The smallest absolute Gasteiger partial charge is 0.379 e. The van der Waals surface area contributed by atoms with Gasteiger partial charge in [0.1, 0.15) is 0 Å². The van der Waals surface area contributed by atoms with Gasteiger partial charge in [0.2, 0.25) is 0 Å². The highest BCUT2D eigenvalue weighted by atomic mass is 32.2. The van der Waals surface area contributed by atoms with Crippen molar-refractivity contribution in [1.82, 2.24) is 9.62 Å². The number of nitrogens with one attached hydrogen (secondary N) is 1. The Bertz CT molecular complexity index is 896. The number of halogens is 17. The van der Waals surface area contributed by atoms with Crippen molar-refractivity contribution in [3.05, 3.63) is 0 Å². The zero-order valence-electron chi connectivity index (χ0n) is 16.5. The first-order valence-electron chi connectivity index (χ1n) is 8.58. The van der Waals surface area contributed by atoms with Crippen molar-refractivity contribution in [2.75, 3.05) is 33.0 Å². The van der Waals surface area contributed by atoms with Crippen LogP contribution >= 0.6 is 0 Å². The lowest BCUT2D eigenvalue weighted by Gasteiger charge is -2.42. The Morgan fingerprint density at radius 2 is 0.917 bits per heavy atom. The standard InChI is InChI=1S/C13H11F17N2O3S/c14-6(15,8(18,19)10(22,23)12(26,27)28)7(16,17)9(20,21)11(24,25)13(29,30)36(33,34)31-5-32-1-3-35-4-2-32/h31H,1-5H2. The third-order valence-electron chi connectivity index (χ3n) is 4.61. The molecule has 0 bridgehead atoms. The lowest BCUT2D eigenvalue weighted by atomic mass is 9.91. The summed E-state index contributed by atoms with van der Waals surface area (Å²) in [6.45, 7) is -2.42. The first-order valence-corrected chi connectivity index (χ1v) is 10.1. The van der Waals surface area contributed by atoms with E-state index in [9.17, 15) is 83.1 Å². The highest BCUT2D eigenvalue weighted by molar-refractivity contribution is 7.90. The highest BCUT2D eigenvalue weighted by Gasteiger charge is 2.96. The fourth-order valence-electron chi connectivity index (χ4n) is 2.34. The van der Waals surface area contributed by atoms with Crippen LogP contribution in [0.15, 0.2) is 0 Å². The summed E-state index contributed by atoms with van der Waals surface area (Å²) in [7, 11) is -7.28. The SMILES string of the molecule is O=S(=O)(NCN1CCOCC1)C(F)(F)C(F)(F)C(F)(F)C(F)(F)C(F)(F)C(F)(F)C(F)(F)C(F)(F)F. The Morgan fingerprint density at radius 3 is 1.28 bits per heavy atom.